The Hall–Kier alpha value is -1.17. The summed E-state index contributed by atoms with van der Waals surface area (Å²) in [5.74, 6) is -0.923. The van der Waals surface area contributed by atoms with Crippen molar-refractivity contribution in [2.45, 2.75) is 12.5 Å². The summed E-state index contributed by atoms with van der Waals surface area (Å²) in [5.41, 5.74) is -0.238. The molecule has 1 heterocycles. The minimum Gasteiger partial charge on any atom is -0.363 e. The molecule has 0 bridgehead atoms. The van der Waals surface area contributed by atoms with Gasteiger partial charge in [-0.25, -0.2) is 4.39 Å². The van der Waals surface area contributed by atoms with Gasteiger partial charge in [0, 0.05) is 18.1 Å². The molecule has 0 unspecified atom stereocenters. The van der Waals surface area contributed by atoms with Crippen LogP contribution in [0.3, 0.4) is 0 Å². The highest BCUT2D eigenvalue weighted by Crippen LogP contribution is 2.20. The molecule has 98 valence electrons. The zero-order chi connectivity index (χ0) is 13.2. The molecule has 1 fully saturated rings. The van der Waals surface area contributed by atoms with E-state index < -0.39 is 11.7 Å². The topological polar surface area (TPSA) is 50.4 Å². The lowest BCUT2D eigenvalue weighted by Gasteiger charge is -2.38. The number of benzene rings is 1. The normalized spacial score (nSPS) is 17.1. The van der Waals surface area contributed by atoms with Gasteiger partial charge >= 0.3 is 0 Å². The summed E-state index contributed by atoms with van der Waals surface area (Å²) in [5, 5.41) is 5.85. The largest absolute Gasteiger partial charge is 0.363 e. The van der Waals surface area contributed by atoms with E-state index in [1.165, 1.54) is 18.2 Å². The Morgan fingerprint density at radius 1 is 1.61 bits per heavy atom. The number of carbonyl (C=O) groups is 1. The molecule has 2 N–H and O–H groups in total. The van der Waals surface area contributed by atoms with Crippen LogP contribution in [0.25, 0.3) is 0 Å². The summed E-state index contributed by atoms with van der Waals surface area (Å²) in [6, 6.07) is 3.99. The Labute approximate surface area is 109 Å². The van der Waals surface area contributed by atoms with E-state index in [1.807, 2.05) is 6.92 Å². The van der Waals surface area contributed by atoms with Gasteiger partial charge in [-0.15, -0.1) is 0 Å². The Morgan fingerprint density at radius 2 is 2.33 bits per heavy atom. The maximum absolute atomic E-state index is 13.4. The summed E-state index contributed by atoms with van der Waals surface area (Å²) in [4.78, 5) is 11.6. The van der Waals surface area contributed by atoms with Crippen molar-refractivity contribution in [1.29, 1.82) is 0 Å². The molecule has 2 rings (SSSR count). The summed E-state index contributed by atoms with van der Waals surface area (Å²) in [6.07, 6.45) is 0. The second-order valence-corrected chi connectivity index (χ2v) is 4.95. The van der Waals surface area contributed by atoms with Gasteiger partial charge in [0.15, 0.2) is 0 Å². The lowest BCUT2D eigenvalue weighted by molar-refractivity contribution is -0.130. The predicted octanol–water partition coefficient (Wildman–Crippen LogP) is 1.80. The van der Waals surface area contributed by atoms with Crippen molar-refractivity contribution in [2.75, 3.05) is 25.0 Å². The first-order valence-electron chi connectivity index (χ1n) is 5.58. The van der Waals surface area contributed by atoms with Gasteiger partial charge in [-0.05, 0) is 25.1 Å². The van der Waals surface area contributed by atoms with Gasteiger partial charge in [0.1, 0.15) is 12.4 Å². The molecule has 1 amide bonds. The molecule has 0 aliphatic carbocycles. The van der Waals surface area contributed by atoms with Crippen LogP contribution in [0.4, 0.5) is 10.1 Å². The minimum atomic E-state index is -0.524. The third-order valence-corrected chi connectivity index (χ3v) is 2.99. The van der Waals surface area contributed by atoms with E-state index in [0.29, 0.717) is 18.1 Å². The van der Waals surface area contributed by atoms with Crippen LogP contribution in [0, 0.1) is 5.82 Å². The van der Waals surface area contributed by atoms with Gasteiger partial charge in [-0.3, -0.25) is 4.79 Å². The molecule has 1 aromatic rings. The van der Waals surface area contributed by atoms with Crippen LogP contribution in [0.15, 0.2) is 18.2 Å². The number of ether oxygens (including phenoxy) is 1. The van der Waals surface area contributed by atoms with E-state index in [4.69, 9.17) is 16.3 Å². The lowest BCUT2D eigenvalue weighted by Crippen LogP contribution is -2.59. The number of nitrogens with one attached hydrogen (secondary N) is 2. The highest BCUT2D eigenvalue weighted by atomic mass is 35.5. The summed E-state index contributed by atoms with van der Waals surface area (Å²) < 4.78 is 18.8. The van der Waals surface area contributed by atoms with Gasteiger partial charge < -0.3 is 15.4 Å². The third kappa shape index (κ3) is 3.19. The average molecular weight is 273 g/mol. The zero-order valence-corrected chi connectivity index (χ0v) is 10.7. The summed E-state index contributed by atoms with van der Waals surface area (Å²) in [7, 11) is 0. The van der Waals surface area contributed by atoms with Crippen LogP contribution >= 0.6 is 11.6 Å². The number of halogens is 2. The SMILES string of the molecule is CC1(OCC(=O)Nc2cc(Cl)ccc2F)CNC1. The minimum absolute atomic E-state index is 0.0630. The van der Waals surface area contributed by atoms with Gasteiger partial charge in [0.25, 0.3) is 0 Å². The van der Waals surface area contributed by atoms with E-state index in [-0.39, 0.29) is 17.9 Å². The highest BCUT2D eigenvalue weighted by Gasteiger charge is 2.33. The van der Waals surface area contributed by atoms with Crippen LogP contribution in [-0.2, 0) is 9.53 Å². The molecule has 18 heavy (non-hydrogen) atoms. The molecule has 0 atom stereocenters. The van der Waals surface area contributed by atoms with E-state index >= 15 is 0 Å². The van der Waals surface area contributed by atoms with E-state index in [1.54, 1.807) is 0 Å². The second kappa shape index (κ2) is 5.22. The van der Waals surface area contributed by atoms with Gasteiger partial charge in [0.05, 0.1) is 11.3 Å². The standard InChI is InChI=1S/C12H14ClFN2O2/c1-12(6-15-7-12)18-5-11(17)16-10-4-8(13)2-3-9(10)14/h2-4,15H,5-7H2,1H3,(H,16,17). The number of rotatable bonds is 4. The Kier molecular flexibility index (Phi) is 3.85. The number of amides is 1. The van der Waals surface area contributed by atoms with E-state index in [2.05, 4.69) is 10.6 Å². The molecule has 1 aliphatic rings. The molecular weight excluding hydrogens is 259 g/mol. The van der Waals surface area contributed by atoms with Crippen molar-refractivity contribution in [3.8, 4) is 0 Å². The van der Waals surface area contributed by atoms with Crippen LogP contribution in [0.2, 0.25) is 5.02 Å². The lowest BCUT2D eigenvalue weighted by atomic mass is 10.0. The maximum Gasteiger partial charge on any atom is 0.250 e. The van der Waals surface area contributed by atoms with Crippen LogP contribution < -0.4 is 10.6 Å². The van der Waals surface area contributed by atoms with Gasteiger partial charge in [-0.1, -0.05) is 11.6 Å². The molecule has 0 radical (unpaired) electrons. The molecular formula is C12H14ClFN2O2. The first kappa shape index (κ1) is 13.3. The van der Waals surface area contributed by atoms with Crippen LogP contribution in [-0.4, -0.2) is 31.2 Å². The van der Waals surface area contributed by atoms with Crippen molar-refractivity contribution >= 4 is 23.2 Å². The fourth-order valence-corrected chi connectivity index (χ4v) is 1.77. The van der Waals surface area contributed by atoms with Crippen molar-refractivity contribution < 1.29 is 13.9 Å². The smallest absolute Gasteiger partial charge is 0.250 e. The number of hydrogen-bond donors (Lipinski definition) is 2. The highest BCUT2D eigenvalue weighted by molar-refractivity contribution is 6.30. The van der Waals surface area contributed by atoms with Crippen molar-refractivity contribution in [1.82, 2.24) is 5.32 Å². The second-order valence-electron chi connectivity index (χ2n) is 4.51. The monoisotopic (exact) mass is 272 g/mol. The molecule has 0 saturated carbocycles. The quantitative estimate of drug-likeness (QED) is 0.879. The first-order chi connectivity index (χ1) is 8.48. The fourth-order valence-electron chi connectivity index (χ4n) is 1.60. The van der Waals surface area contributed by atoms with Crippen LogP contribution in [0.1, 0.15) is 6.92 Å². The predicted molar refractivity (Wildman–Crippen MR) is 67.3 cm³/mol. The number of carbonyl (C=O) groups excluding carboxylic acids is 1. The van der Waals surface area contributed by atoms with Gasteiger partial charge in [-0.2, -0.15) is 0 Å². The first-order valence-corrected chi connectivity index (χ1v) is 5.96. The molecule has 6 heteroatoms. The Bertz CT molecular complexity index is 463. The van der Waals surface area contributed by atoms with Gasteiger partial charge in [0.2, 0.25) is 5.91 Å². The summed E-state index contributed by atoms with van der Waals surface area (Å²) >= 11 is 5.72. The molecule has 4 nitrogen and oxygen atoms in total. The van der Waals surface area contributed by atoms with Crippen molar-refractivity contribution in [2.24, 2.45) is 0 Å². The molecule has 0 aromatic heterocycles. The number of hydrogen-bond acceptors (Lipinski definition) is 3. The Balaban J connectivity index is 1.88. The zero-order valence-electron chi connectivity index (χ0n) is 9.93. The average Bonchev–Trinajstić information content (AvgIpc) is 2.29. The fraction of sp³-hybridized carbons (Fsp3) is 0.417. The molecule has 0 spiro atoms. The van der Waals surface area contributed by atoms with E-state index in [0.717, 1.165) is 0 Å². The van der Waals surface area contributed by atoms with E-state index in [9.17, 15) is 9.18 Å². The van der Waals surface area contributed by atoms with Crippen molar-refractivity contribution in [3.63, 3.8) is 0 Å². The Morgan fingerprint density at radius 3 is 2.94 bits per heavy atom. The van der Waals surface area contributed by atoms with Crippen LogP contribution in [0.5, 0.6) is 0 Å². The summed E-state index contributed by atoms with van der Waals surface area (Å²) in [6.45, 7) is 3.23. The maximum atomic E-state index is 13.4. The van der Waals surface area contributed by atoms with Crippen molar-refractivity contribution in [3.05, 3.63) is 29.0 Å². The molecule has 1 saturated heterocycles. The third-order valence-electron chi connectivity index (χ3n) is 2.75. The number of anilines is 1. The molecule has 1 aliphatic heterocycles. The molecule has 1 aromatic carbocycles.